The lowest BCUT2D eigenvalue weighted by Gasteiger charge is -1.78. The van der Waals surface area contributed by atoms with E-state index in [0.29, 0.717) is 5.00 Å². The van der Waals surface area contributed by atoms with Crippen molar-refractivity contribution in [2.45, 2.75) is 0 Å². The Morgan fingerprint density at radius 1 is 1.70 bits per heavy atom. The number of nitrogens with zero attached hydrogens (tertiary/aromatic N) is 2. The molecule has 0 aromatic carbocycles. The van der Waals surface area contributed by atoms with E-state index in [1.807, 2.05) is 0 Å². The van der Waals surface area contributed by atoms with Crippen LogP contribution in [0.15, 0.2) is 12.1 Å². The maximum absolute atomic E-state index is 10.0. The highest BCUT2D eigenvalue weighted by Crippen LogP contribution is 2.30. The third-order valence-electron chi connectivity index (χ3n) is 0.868. The molecule has 1 rings (SSSR count). The van der Waals surface area contributed by atoms with Crippen molar-refractivity contribution >= 4 is 21.3 Å². The summed E-state index contributed by atoms with van der Waals surface area (Å²) in [6, 6.07) is 2.77. The predicted molar refractivity (Wildman–Crippen MR) is 37.2 cm³/mol. The third-order valence-corrected chi connectivity index (χ3v) is 1.80. The van der Waals surface area contributed by atoms with Gasteiger partial charge in [-0.25, -0.2) is 4.85 Å². The Kier molecular flexibility index (Phi) is 1.65. The highest BCUT2D eigenvalue weighted by molar-refractivity contribution is 7.19. The van der Waals surface area contributed by atoms with Crippen molar-refractivity contribution in [3.8, 4) is 0 Å². The van der Waals surface area contributed by atoms with Crippen LogP contribution in [0.4, 0.5) is 10.0 Å². The fraction of sp³-hybridized carbons (Fsp3) is 0. The molecule has 1 aromatic heterocycles. The van der Waals surface area contributed by atoms with Crippen molar-refractivity contribution in [1.82, 2.24) is 0 Å². The molecule has 0 saturated heterocycles. The second-order valence-electron chi connectivity index (χ2n) is 1.48. The van der Waals surface area contributed by atoms with Gasteiger partial charge in [0, 0.05) is 6.07 Å². The molecule has 50 valence electrons. The number of hydrogen-bond donors (Lipinski definition) is 0. The zero-order valence-electron chi connectivity index (χ0n) is 4.77. The van der Waals surface area contributed by atoms with Crippen LogP contribution >= 0.6 is 11.3 Å². The summed E-state index contributed by atoms with van der Waals surface area (Å²) in [6.07, 6.45) is 0. The molecule has 0 amide bonds. The van der Waals surface area contributed by atoms with E-state index < -0.39 is 4.92 Å². The number of rotatable bonds is 1. The van der Waals surface area contributed by atoms with Crippen LogP contribution in [0, 0.1) is 16.7 Å². The average Bonchev–Trinajstić information content (AvgIpc) is 2.34. The van der Waals surface area contributed by atoms with Crippen LogP contribution in [-0.4, -0.2) is 4.92 Å². The van der Waals surface area contributed by atoms with Gasteiger partial charge in [-0.2, -0.15) is 0 Å². The van der Waals surface area contributed by atoms with E-state index in [1.54, 1.807) is 0 Å². The van der Waals surface area contributed by atoms with Crippen LogP contribution in [0.2, 0.25) is 0 Å². The molecule has 0 bridgehead atoms. The molecule has 10 heavy (non-hydrogen) atoms. The SMILES string of the molecule is [C-]#[N+]c1ccc([N+](=O)[O-])s1. The normalized spacial score (nSPS) is 8.70. The van der Waals surface area contributed by atoms with Gasteiger partial charge in [0.1, 0.15) is 0 Å². The number of thiophene rings is 1. The van der Waals surface area contributed by atoms with Gasteiger partial charge in [-0.1, -0.05) is 11.3 Å². The van der Waals surface area contributed by atoms with Gasteiger partial charge >= 0.3 is 5.00 Å². The van der Waals surface area contributed by atoms with Gasteiger partial charge in [-0.3, -0.25) is 10.1 Å². The second-order valence-corrected chi connectivity index (χ2v) is 2.52. The molecule has 0 fully saturated rings. The summed E-state index contributed by atoms with van der Waals surface area (Å²) in [4.78, 5) is 12.6. The summed E-state index contributed by atoms with van der Waals surface area (Å²) in [5.41, 5.74) is 0. The summed E-state index contributed by atoms with van der Waals surface area (Å²) in [6.45, 7) is 6.51. The smallest absolute Gasteiger partial charge is 0.258 e. The van der Waals surface area contributed by atoms with Gasteiger partial charge in [0.05, 0.1) is 11.5 Å². The first kappa shape index (κ1) is 6.71. The van der Waals surface area contributed by atoms with E-state index >= 15 is 0 Å². The van der Waals surface area contributed by atoms with Crippen molar-refractivity contribution in [2.24, 2.45) is 0 Å². The van der Waals surface area contributed by atoms with Gasteiger partial charge in [0.25, 0.3) is 0 Å². The molecule has 0 saturated carbocycles. The zero-order valence-corrected chi connectivity index (χ0v) is 5.59. The molecule has 0 radical (unpaired) electrons. The van der Waals surface area contributed by atoms with Crippen molar-refractivity contribution in [3.05, 3.63) is 33.7 Å². The van der Waals surface area contributed by atoms with Gasteiger partial charge in [-0.05, 0) is 6.07 Å². The quantitative estimate of drug-likeness (QED) is 0.353. The van der Waals surface area contributed by atoms with Crippen LogP contribution < -0.4 is 0 Å². The first-order valence-electron chi connectivity index (χ1n) is 2.35. The standard InChI is InChI=1S/C5H2N2O2S/c1-6-4-2-3-5(10-4)7(8)9/h2-3H. The molecular formula is C5H2N2O2S. The van der Waals surface area contributed by atoms with Gasteiger partial charge in [0.15, 0.2) is 0 Å². The van der Waals surface area contributed by atoms with Gasteiger partial charge in [-0.15, -0.1) is 0 Å². The first-order valence-corrected chi connectivity index (χ1v) is 3.17. The van der Waals surface area contributed by atoms with Crippen LogP contribution in [0.1, 0.15) is 0 Å². The Morgan fingerprint density at radius 3 is 2.70 bits per heavy atom. The minimum Gasteiger partial charge on any atom is -0.258 e. The molecule has 0 atom stereocenters. The summed E-state index contributed by atoms with van der Waals surface area (Å²) in [5.74, 6) is 0. The summed E-state index contributed by atoms with van der Waals surface area (Å²) in [7, 11) is 0. The molecule has 0 spiro atoms. The maximum atomic E-state index is 10.0. The predicted octanol–water partition coefficient (Wildman–Crippen LogP) is 2.21. The van der Waals surface area contributed by atoms with Crippen molar-refractivity contribution in [1.29, 1.82) is 0 Å². The van der Waals surface area contributed by atoms with E-state index in [9.17, 15) is 10.1 Å². The largest absolute Gasteiger partial charge is 0.312 e. The molecule has 0 aliphatic carbocycles. The van der Waals surface area contributed by atoms with Crippen molar-refractivity contribution < 1.29 is 4.92 Å². The molecule has 1 heterocycles. The maximum Gasteiger partial charge on any atom is 0.312 e. The molecule has 1 aromatic rings. The Hall–Kier alpha value is -1.41. The highest BCUT2D eigenvalue weighted by Gasteiger charge is 2.07. The third kappa shape index (κ3) is 1.11. The lowest BCUT2D eigenvalue weighted by Crippen LogP contribution is -1.80. The fourth-order valence-corrected chi connectivity index (χ4v) is 1.08. The van der Waals surface area contributed by atoms with E-state index in [4.69, 9.17) is 6.57 Å². The molecular weight excluding hydrogens is 152 g/mol. The fourth-order valence-electron chi connectivity index (χ4n) is 0.476. The molecule has 5 heteroatoms. The van der Waals surface area contributed by atoms with Crippen LogP contribution in [0.25, 0.3) is 4.85 Å². The second kappa shape index (κ2) is 2.45. The Bertz CT molecular complexity index is 299. The lowest BCUT2D eigenvalue weighted by atomic mass is 10.6. The van der Waals surface area contributed by atoms with Crippen LogP contribution in [0.3, 0.4) is 0 Å². The zero-order chi connectivity index (χ0) is 7.56. The molecule has 0 aliphatic rings. The van der Waals surface area contributed by atoms with Crippen LogP contribution in [-0.2, 0) is 0 Å². The van der Waals surface area contributed by atoms with Gasteiger partial charge < -0.3 is 0 Å². The van der Waals surface area contributed by atoms with Crippen molar-refractivity contribution in [2.75, 3.05) is 0 Å². The monoisotopic (exact) mass is 154 g/mol. The lowest BCUT2D eigenvalue weighted by molar-refractivity contribution is -0.380. The van der Waals surface area contributed by atoms with E-state index in [1.165, 1.54) is 12.1 Å². The summed E-state index contributed by atoms with van der Waals surface area (Å²) >= 11 is 0.888. The summed E-state index contributed by atoms with van der Waals surface area (Å²) in [5, 5.41) is 10.4. The van der Waals surface area contributed by atoms with Crippen molar-refractivity contribution in [3.63, 3.8) is 0 Å². The van der Waals surface area contributed by atoms with Gasteiger partial charge in [0.2, 0.25) is 5.00 Å². The molecule has 0 unspecified atom stereocenters. The highest BCUT2D eigenvalue weighted by atomic mass is 32.1. The number of nitro groups is 1. The Balaban J connectivity index is 3.02. The molecule has 4 nitrogen and oxygen atoms in total. The summed E-state index contributed by atoms with van der Waals surface area (Å²) < 4.78 is 0. The van der Waals surface area contributed by atoms with Crippen LogP contribution in [0.5, 0.6) is 0 Å². The van der Waals surface area contributed by atoms with E-state index in [-0.39, 0.29) is 5.00 Å². The van der Waals surface area contributed by atoms with E-state index in [2.05, 4.69) is 4.85 Å². The average molecular weight is 154 g/mol. The Morgan fingerprint density at radius 2 is 2.40 bits per heavy atom. The van der Waals surface area contributed by atoms with E-state index in [0.717, 1.165) is 11.3 Å². The minimum absolute atomic E-state index is 0.0194. The number of hydrogen-bond acceptors (Lipinski definition) is 3. The first-order chi connectivity index (χ1) is 4.74. The molecule has 0 aliphatic heterocycles. The minimum atomic E-state index is -0.501. The Labute approximate surface area is 60.7 Å². The topological polar surface area (TPSA) is 47.5 Å². The molecule has 0 N–H and O–H groups in total.